The lowest BCUT2D eigenvalue weighted by molar-refractivity contribution is -0.125. The van der Waals surface area contributed by atoms with Crippen LogP contribution >= 0.6 is 0 Å². The zero-order chi connectivity index (χ0) is 27.2. The van der Waals surface area contributed by atoms with Crippen LogP contribution in [-0.4, -0.2) is 57.3 Å². The van der Waals surface area contributed by atoms with Crippen molar-refractivity contribution >= 4 is 27.8 Å². The molecule has 0 atom stereocenters. The summed E-state index contributed by atoms with van der Waals surface area (Å²) < 4.78 is 30.1. The maximum atomic E-state index is 13.1. The molecule has 0 radical (unpaired) electrons. The van der Waals surface area contributed by atoms with Gasteiger partial charge in [-0.2, -0.15) is 4.31 Å². The van der Waals surface area contributed by atoms with Gasteiger partial charge in [-0.25, -0.2) is 17.8 Å². The number of benzene rings is 1. The third-order valence-corrected chi connectivity index (χ3v) is 9.84. The Morgan fingerprint density at radius 1 is 1.13 bits per heavy atom. The number of nitrogens with one attached hydrogen (secondary N) is 1. The largest absolute Gasteiger partial charge is 0.493 e. The van der Waals surface area contributed by atoms with Crippen LogP contribution in [0.4, 0.5) is 0 Å². The molecule has 1 saturated carbocycles. The molecular formula is C27H35N5O5S. The van der Waals surface area contributed by atoms with Crippen molar-refractivity contribution < 1.29 is 18.3 Å². The van der Waals surface area contributed by atoms with Crippen molar-refractivity contribution in [3.8, 4) is 11.6 Å². The summed E-state index contributed by atoms with van der Waals surface area (Å²) in [6, 6.07) is 5.09. The van der Waals surface area contributed by atoms with Gasteiger partial charge in [0.2, 0.25) is 15.9 Å². The first-order valence-electron chi connectivity index (χ1n) is 13.2. The number of aliphatic imine (C=N–C) groups is 1. The van der Waals surface area contributed by atoms with E-state index in [4.69, 9.17) is 4.99 Å². The van der Waals surface area contributed by atoms with Crippen LogP contribution in [0.2, 0.25) is 0 Å². The minimum atomic E-state index is -3.70. The molecule has 5 rings (SSSR count). The molecule has 1 amide bonds. The van der Waals surface area contributed by atoms with Crippen LogP contribution in [0.15, 0.2) is 39.6 Å². The first-order chi connectivity index (χ1) is 18.0. The number of carbonyl (C=O) groups is 1. The summed E-state index contributed by atoms with van der Waals surface area (Å²) in [5.41, 5.74) is 0.686. The minimum Gasteiger partial charge on any atom is -0.493 e. The number of imidazole rings is 1. The quantitative estimate of drug-likeness (QED) is 0.602. The molecule has 2 aliphatic heterocycles. The fourth-order valence-corrected chi connectivity index (χ4v) is 6.92. The third-order valence-electron chi connectivity index (χ3n) is 8.27. The highest BCUT2D eigenvalue weighted by Gasteiger charge is 2.48. The molecule has 2 fully saturated rings. The van der Waals surface area contributed by atoms with Crippen molar-refractivity contribution in [3.05, 3.63) is 51.4 Å². The average molecular weight is 542 g/mol. The van der Waals surface area contributed by atoms with E-state index in [2.05, 4.69) is 12.2 Å². The number of aromatic nitrogens is 2. The highest BCUT2D eigenvalue weighted by Crippen LogP contribution is 2.36. The lowest BCUT2D eigenvalue weighted by atomic mass is 9.82. The summed E-state index contributed by atoms with van der Waals surface area (Å²) in [5.74, 6) is 1.52. The highest BCUT2D eigenvalue weighted by atomic mass is 32.2. The number of nitrogens with zero attached hydrogens (tertiary/aromatic N) is 4. The average Bonchev–Trinajstić information content (AvgIpc) is 3.33. The second-order valence-corrected chi connectivity index (χ2v) is 12.8. The number of carbonyl (C=O) groups excluding carboxylic acids is 1. The monoisotopic (exact) mass is 541 g/mol. The van der Waals surface area contributed by atoms with Crippen LogP contribution in [0.25, 0.3) is 11.8 Å². The molecule has 0 unspecified atom stereocenters. The Bertz CT molecular complexity index is 1470. The van der Waals surface area contributed by atoms with Crippen molar-refractivity contribution in [3.63, 3.8) is 0 Å². The normalized spacial score (nSPS) is 24.2. The van der Waals surface area contributed by atoms with E-state index in [1.807, 2.05) is 6.92 Å². The molecule has 204 valence electrons. The summed E-state index contributed by atoms with van der Waals surface area (Å²) in [6.45, 7) is 4.53. The molecule has 10 nitrogen and oxygen atoms in total. The molecule has 3 heterocycles. The Balaban J connectivity index is 1.26. The SMILES string of the molecule is Cc1cc(-n2c(O)cn(C)c2=O)ccc1C=CS(=O)(=O)N1CCC2(CC1)N=C(C1CCC(C)CC1)NC2=O. The maximum Gasteiger partial charge on any atom is 0.335 e. The number of aromatic hydroxyl groups is 1. The molecule has 3 aliphatic rings. The molecule has 2 N–H and O–H groups in total. The van der Waals surface area contributed by atoms with E-state index in [-0.39, 0.29) is 30.6 Å². The van der Waals surface area contributed by atoms with E-state index in [1.165, 1.54) is 31.1 Å². The number of amidine groups is 1. The number of amides is 1. The van der Waals surface area contributed by atoms with E-state index in [0.717, 1.165) is 37.1 Å². The van der Waals surface area contributed by atoms with E-state index >= 15 is 0 Å². The van der Waals surface area contributed by atoms with Crippen molar-refractivity contribution in [2.75, 3.05) is 13.1 Å². The Morgan fingerprint density at radius 3 is 2.42 bits per heavy atom. The van der Waals surface area contributed by atoms with E-state index in [1.54, 1.807) is 25.2 Å². The van der Waals surface area contributed by atoms with Gasteiger partial charge in [-0.3, -0.25) is 14.4 Å². The number of hydrogen-bond donors (Lipinski definition) is 2. The van der Waals surface area contributed by atoms with Gasteiger partial charge in [0.05, 0.1) is 11.9 Å². The molecule has 2 aromatic rings. The summed E-state index contributed by atoms with van der Waals surface area (Å²) in [5, 5.41) is 14.3. The van der Waals surface area contributed by atoms with Crippen LogP contribution < -0.4 is 11.0 Å². The van der Waals surface area contributed by atoms with Crippen LogP contribution in [0, 0.1) is 18.8 Å². The number of rotatable bonds is 5. The predicted octanol–water partition coefficient (Wildman–Crippen LogP) is 2.68. The van der Waals surface area contributed by atoms with Crippen LogP contribution in [0.1, 0.15) is 56.6 Å². The Hall–Kier alpha value is -3.18. The first kappa shape index (κ1) is 26.4. The number of piperidine rings is 1. The zero-order valence-corrected chi connectivity index (χ0v) is 22.9. The van der Waals surface area contributed by atoms with Crippen LogP contribution in [0.3, 0.4) is 0 Å². The fraction of sp³-hybridized carbons (Fsp3) is 0.519. The number of sulfonamides is 1. The zero-order valence-electron chi connectivity index (χ0n) is 22.1. The lowest BCUT2D eigenvalue weighted by Crippen LogP contribution is -2.50. The molecule has 11 heteroatoms. The van der Waals surface area contributed by atoms with Gasteiger partial charge in [-0.15, -0.1) is 0 Å². The number of hydrogen-bond acceptors (Lipinski definition) is 6. The molecule has 38 heavy (non-hydrogen) atoms. The van der Waals surface area contributed by atoms with Crippen molar-refractivity contribution in [2.45, 2.75) is 57.9 Å². The molecule has 1 aliphatic carbocycles. The van der Waals surface area contributed by atoms with Gasteiger partial charge >= 0.3 is 5.69 Å². The first-order valence-corrected chi connectivity index (χ1v) is 14.7. The standard InChI is InChI=1S/C27H35N5O5S/c1-18-4-6-21(7-5-18)24-28-25(34)27(29-24)11-13-31(14-12-27)38(36,37)15-10-20-8-9-22(16-19(20)2)32-23(33)17-30(3)26(32)35/h8-10,15-18,21,33H,4-7,11-14H2,1-3H3,(H,28,29,34). The van der Waals surface area contributed by atoms with E-state index in [0.29, 0.717) is 35.9 Å². The molecule has 1 saturated heterocycles. The highest BCUT2D eigenvalue weighted by molar-refractivity contribution is 7.92. The van der Waals surface area contributed by atoms with Crippen molar-refractivity contribution in [2.24, 2.45) is 23.9 Å². The van der Waals surface area contributed by atoms with Crippen molar-refractivity contribution in [1.29, 1.82) is 0 Å². The Labute approximate surface area is 222 Å². The van der Waals surface area contributed by atoms with Gasteiger partial charge in [-0.1, -0.05) is 25.8 Å². The molecule has 1 aromatic heterocycles. The smallest absolute Gasteiger partial charge is 0.335 e. The summed E-state index contributed by atoms with van der Waals surface area (Å²) in [4.78, 5) is 30.0. The second kappa shape index (κ2) is 9.85. The molecule has 0 bridgehead atoms. The maximum absolute atomic E-state index is 13.1. The van der Waals surface area contributed by atoms with Gasteiger partial charge in [0, 0.05) is 31.5 Å². The summed E-state index contributed by atoms with van der Waals surface area (Å²) in [6.07, 6.45) is 7.94. The molecular weight excluding hydrogens is 506 g/mol. The topological polar surface area (TPSA) is 126 Å². The summed E-state index contributed by atoms with van der Waals surface area (Å²) >= 11 is 0. The second-order valence-electron chi connectivity index (χ2n) is 10.9. The molecule has 1 spiro atoms. The van der Waals surface area contributed by atoms with E-state index in [9.17, 15) is 23.1 Å². The third kappa shape index (κ3) is 4.84. The predicted molar refractivity (Wildman–Crippen MR) is 146 cm³/mol. The number of aryl methyl sites for hydroxylation is 2. The Kier molecular flexibility index (Phi) is 6.85. The van der Waals surface area contributed by atoms with Gasteiger partial charge in [0.15, 0.2) is 0 Å². The van der Waals surface area contributed by atoms with Gasteiger partial charge in [0.25, 0.3) is 5.91 Å². The minimum absolute atomic E-state index is 0.0991. The van der Waals surface area contributed by atoms with E-state index < -0.39 is 15.6 Å². The van der Waals surface area contributed by atoms with Crippen molar-refractivity contribution in [1.82, 2.24) is 18.8 Å². The van der Waals surface area contributed by atoms with Gasteiger partial charge < -0.3 is 10.4 Å². The van der Waals surface area contributed by atoms with Gasteiger partial charge in [-0.05, 0) is 67.9 Å². The molecule has 1 aromatic carbocycles. The van der Waals surface area contributed by atoms with Crippen LogP contribution in [-0.2, 0) is 21.9 Å². The summed E-state index contributed by atoms with van der Waals surface area (Å²) in [7, 11) is -2.15. The van der Waals surface area contributed by atoms with Crippen LogP contribution in [0.5, 0.6) is 5.88 Å². The van der Waals surface area contributed by atoms with Gasteiger partial charge in [0.1, 0.15) is 11.4 Å². The lowest BCUT2D eigenvalue weighted by Gasteiger charge is -2.34. The Morgan fingerprint density at radius 2 is 1.82 bits per heavy atom. The fourth-order valence-electron chi connectivity index (χ4n) is 5.73.